The van der Waals surface area contributed by atoms with Gasteiger partial charge in [0.25, 0.3) is 0 Å². The summed E-state index contributed by atoms with van der Waals surface area (Å²) in [6.45, 7) is 5.38. The van der Waals surface area contributed by atoms with Crippen molar-refractivity contribution in [1.82, 2.24) is 29.6 Å². The van der Waals surface area contributed by atoms with Crippen LogP contribution in [0.15, 0.2) is 67.8 Å². The highest BCUT2D eigenvalue weighted by Crippen LogP contribution is 2.28. The lowest BCUT2D eigenvalue weighted by molar-refractivity contribution is -0.127. The van der Waals surface area contributed by atoms with E-state index in [4.69, 9.17) is 20.3 Å². The van der Waals surface area contributed by atoms with Crippen molar-refractivity contribution in [2.75, 3.05) is 25.4 Å². The Hall–Kier alpha value is -4.91. The van der Waals surface area contributed by atoms with Crippen LogP contribution in [0.3, 0.4) is 0 Å². The Kier molecular flexibility index (Phi) is 7.45. The van der Waals surface area contributed by atoms with Crippen molar-refractivity contribution in [2.45, 2.75) is 25.5 Å². The molecule has 1 unspecified atom stereocenters. The van der Waals surface area contributed by atoms with E-state index in [1.807, 2.05) is 41.1 Å². The molecule has 4 aromatic rings. The van der Waals surface area contributed by atoms with Crippen molar-refractivity contribution >= 4 is 22.8 Å². The van der Waals surface area contributed by atoms with Gasteiger partial charge in [0.2, 0.25) is 5.91 Å². The Morgan fingerprint density at radius 3 is 2.82 bits per heavy atom. The van der Waals surface area contributed by atoms with Crippen molar-refractivity contribution in [3.63, 3.8) is 0 Å². The number of piperidine rings is 1. The number of carbonyl (C=O) groups is 1. The number of likely N-dealkylation sites (tertiary alicyclic amines) is 1. The Labute approximate surface area is 220 Å². The Morgan fingerprint density at radius 2 is 2.00 bits per heavy atom. The van der Waals surface area contributed by atoms with Crippen LogP contribution in [-0.4, -0.2) is 55.2 Å². The third-order valence-electron chi connectivity index (χ3n) is 6.22. The van der Waals surface area contributed by atoms with Gasteiger partial charge in [-0.25, -0.2) is 14.6 Å². The predicted octanol–water partition coefficient (Wildman–Crippen LogP) is 3.16. The quantitative estimate of drug-likeness (QED) is 0.298. The third kappa shape index (κ3) is 5.57. The minimum Gasteiger partial charge on any atom is -0.489 e. The van der Waals surface area contributed by atoms with Gasteiger partial charge in [-0.15, -0.1) is 0 Å². The fourth-order valence-corrected chi connectivity index (χ4v) is 4.36. The summed E-state index contributed by atoms with van der Waals surface area (Å²) in [5, 5.41) is 5.32. The normalized spacial score (nSPS) is 14.9. The van der Waals surface area contributed by atoms with Crippen LogP contribution < -0.4 is 15.2 Å². The average Bonchev–Trinajstić information content (AvgIpc) is 3.34. The average molecular weight is 510 g/mol. The second kappa shape index (κ2) is 11.4. The number of ether oxygens (including phenoxy) is 2. The lowest BCUT2D eigenvalue weighted by Gasteiger charge is -2.32. The van der Waals surface area contributed by atoms with E-state index in [1.54, 1.807) is 17.3 Å². The number of hydrogen-bond acceptors (Lipinski definition) is 8. The smallest absolute Gasteiger partial charge is 0.246 e. The lowest BCUT2D eigenvalue weighted by atomic mass is 10.1. The molecule has 192 valence electrons. The monoisotopic (exact) mass is 509 g/mol. The molecule has 10 nitrogen and oxygen atoms in total. The van der Waals surface area contributed by atoms with Gasteiger partial charge < -0.3 is 20.1 Å². The summed E-state index contributed by atoms with van der Waals surface area (Å²) in [6, 6.07) is 11.2. The minimum absolute atomic E-state index is 0.0499. The molecule has 1 atom stereocenters. The standard InChI is InChI=1S/C28H27N7O3/c1-2-25(36)34-14-4-6-21(17-34)35-28-26(27(29)31-19-32-28)24(33-35)9-5-15-37-22-7-3-8-23(16-22)38-18-20-10-12-30-13-11-20/h2-3,7-8,10-13,16,19,21H,1,4,6,14-15,17-18H2,(H2,29,31,32). The first-order chi connectivity index (χ1) is 18.6. The van der Waals surface area contributed by atoms with Crippen LogP contribution in [0, 0.1) is 11.8 Å². The number of rotatable bonds is 7. The van der Waals surface area contributed by atoms with Crippen LogP contribution in [0.4, 0.5) is 5.82 Å². The van der Waals surface area contributed by atoms with Crippen molar-refractivity contribution < 1.29 is 14.3 Å². The Morgan fingerprint density at radius 1 is 1.18 bits per heavy atom. The van der Waals surface area contributed by atoms with Gasteiger partial charge in [-0.05, 0) is 54.7 Å². The first-order valence-electron chi connectivity index (χ1n) is 12.3. The van der Waals surface area contributed by atoms with E-state index in [9.17, 15) is 4.79 Å². The largest absolute Gasteiger partial charge is 0.489 e. The molecule has 0 saturated carbocycles. The van der Waals surface area contributed by atoms with Gasteiger partial charge in [0.05, 0.1) is 11.4 Å². The van der Waals surface area contributed by atoms with Gasteiger partial charge in [-0.1, -0.05) is 18.6 Å². The molecule has 1 saturated heterocycles. The number of nitrogens with zero attached hydrogens (tertiary/aromatic N) is 6. The fraction of sp³-hybridized carbons (Fsp3) is 0.250. The number of carbonyl (C=O) groups excluding carboxylic acids is 1. The summed E-state index contributed by atoms with van der Waals surface area (Å²) in [4.78, 5) is 26.5. The first kappa shape index (κ1) is 24.8. The number of nitrogen functional groups attached to an aromatic ring is 1. The number of nitrogens with two attached hydrogens (primary N) is 1. The summed E-state index contributed by atoms with van der Waals surface area (Å²) in [5.41, 5.74) is 8.28. The highest BCUT2D eigenvalue weighted by Gasteiger charge is 2.27. The van der Waals surface area contributed by atoms with E-state index in [0.717, 1.165) is 18.4 Å². The fourth-order valence-electron chi connectivity index (χ4n) is 4.36. The zero-order valence-corrected chi connectivity index (χ0v) is 20.8. The van der Waals surface area contributed by atoms with E-state index in [-0.39, 0.29) is 18.6 Å². The van der Waals surface area contributed by atoms with Gasteiger partial charge in [0, 0.05) is 31.5 Å². The van der Waals surface area contributed by atoms with E-state index in [1.165, 1.54) is 12.4 Å². The Balaban J connectivity index is 1.29. The molecule has 1 aliphatic heterocycles. The summed E-state index contributed by atoms with van der Waals surface area (Å²) < 4.78 is 13.5. The molecular formula is C28H27N7O3. The number of anilines is 1. The molecule has 0 radical (unpaired) electrons. The van der Waals surface area contributed by atoms with E-state index >= 15 is 0 Å². The summed E-state index contributed by atoms with van der Waals surface area (Å²) >= 11 is 0. The highest BCUT2D eigenvalue weighted by molar-refractivity contribution is 5.90. The molecule has 3 aromatic heterocycles. The van der Waals surface area contributed by atoms with Crippen LogP contribution in [0.25, 0.3) is 11.0 Å². The number of pyridine rings is 1. The number of aromatic nitrogens is 5. The third-order valence-corrected chi connectivity index (χ3v) is 6.22. The molecule has 38 heavy (non-hydrogen) atoms. The second-order valence-corrected chi connectivity index (χ2v) is 8.74. The number of fused-ring (bicyclic) bond motifs is 1. The molecule has 5 rings (SSSR count). The predicted molar refractivity (Wildman–Crippen MR) is 142 cm³/mol. The maximum Gasteiger partial charge on any atom is 0.246 e. The van der Waals surface area contributed by atoms with Crippen molar-refractivity contribution in [3.05, 3.63) is 79.0 Å². The molecule has 1 aromatic carbocycles. The van der Waals surface area contributed by atoms with E-state index < -0.39 is 0 Å². The topological polar surface area (TPSA) is 121 Å². The van der Waals surface area contributed by atoms with Crippen molar-refractivity contribution in [2.24, 2.45) is 0 Å². The van der Waals surface area contributed by atoms with Gasteiger partial charge in [-0.2, -0.15) is 5.10 Å². The summed E-state index contributed by atoms with van der Waals surface area (Å²) in [6.07, 6.45) is 7.93. The molecule has 1 amide bonds. The van der Waals surface area contributed by atoms with Gasteiger partial charge >= 0.3 is 0 Å². The van der Waals surface area contributed by atoms with Crippen molar-refractivity contribution in [3.8, 4) is 23.3 Å². The van der Waals surface area contributed by atoms with Crippen LogP contribution in [0.1, 0.15) is 30.1 Å². The first-order valence-corrected chi connectivity index (χ1v) is 12.3. The highest BCUT2D eigenvalue weighted by atomic mass is 16.5. The van der Waals surface area contributed by atoms with Crippen LogP contribution in [0.5, 0.6) is 11.5 Å². The molecule has 0 aliphatic carbocycles. The zero-order valence-electron chi connectivity index (χ0n) is 20.8. The molecule has 10 heteroatoms. The van der Waals surface area contributed by atoms with Crippen LogP contribution >= 0.6 is 0 Å². The molecule has 0 spiro atoms. The van der Waals surface area contributed by atoms with Gasteiger partial charge in [0.1, 0.15) is 42.6 Å². The number of benzene rings is 1. The van der Waals surface area contributed by atoms with Crippen molar-refractivity contribution in [1.29, 1.82) is 0 Å². The zero-order chi connectivity index (χ0) is 26.3. The number of amides is 1. The number of hydrogen-bond donors (Lipinski definition) is 1. The summed E-state index contributed by atoms with van der Waals surface area (Å²) in [5.74, 6) is 7.62. The van der Waals surface area contributed by atoms with Gasteiger partial charge in [0.15, 0.2) is 5.65 Å². The van der Waals surface area contributed by atoms with Crippen LogP contribution in [-0.2, 0) is 11.4 Å². The van der Waals surface area contributed by atoms with E-state index in [0.29, 0.717) is 53.7 Å². The molecule has 1 aliphatic rings. The SMILES string of the molecule is C=CC(=O)N1CCCC(n2nc(C#CCOc3cccc(OCc4ccncc4)c3)c3c(N)ncnc32)C1. The molecule has 1 fully saturated rings. The second-order valence-electron chi connectivity index (χ2n) is 8.74. The van der Waals surface area contributed by atoms with Crippen LogP contribution in [0.2, 0.25) is 0 Å². The van der Waals surface area contributed by atoms with E-state index in [2.05, 4.69) is 33.4 Å². The molecule has 2 N–H and O–H groups in total. The Bertz CT molecular complexity index is 1510. The maximum absolute atomic E-state index is 12.2. The molecule has 0 bridgehead atoms. The lowest BCUT2D eigenvalue weighted by Crippen LogP contribution is -2.40. The summed E-state index contributed by atoms with van der Waals surface area (Å²) in [7, 11) is 0. The van der Waals surface area contributed by atoms with Gasteiger partial charge in [-0.3, -0.25) is 9.78 Å². The minimum atomic E-state index is -0.0932. The maximum atomic E-state index is 12.2. The molecule has 4 heterocycles. The molecular weight excluding hydrogens is 482 g/mol.